The summed E-state index contributed by atoms with van der Waals surface area (Å²) in [6.07, 6.45) is 0.926. The lowest BCUT2D eigenvalue weighted by Gasteiger charge is -2.16. The molecule has 1 amide bonds. The molecule has 0 spiro atoms. The lowest BCUT2D eigenvalue weighted by molar-refractivity contribution is -0.123. The van der Waals surface area contributed by atoms with Crippen LogP contribution in [0.4, 0.5) is 4.39 Å². The number of carbonyl (C=O) groups excluding carboxylic acids is 1. The summed E-state index contributed by atoms with van der Waals surface area (Å²) in [6.45, 7) is 1.88. The summed E-state index contributed by atoms with van der Waals surface area (Å²) in [5.41, 5.74) is 2.55. The fraction of sp³-hybridized carbons (Fsp3) is 0.160. The number of ether oxygens (including phenoxy) is 1. The summed E-state index contributed by atoms with van der Waals surface area (Å²) < 4.78 is 24.9. The van der Waals surface area contributed by atoms with Crippen molar-refractivity contribution in [3.05, 3.63) is 102 Å². The molecule has 0 aliphatic rings. The number of nitrogens with zero attached hydrogens (tertiary/aromatic N) is 2. The molecule has 7 heteroatoms. The Kier molecular flexibility index (Phi) is 6.55. The van der Waals surface area contributed by atoms with E-state index in [1.54, 1.807) is 12.1 Å². The first-order chi connectivity index (χ1) is 15.6. The predicted molar refractivity (Wildman–Crippen MR) is 117 cm³/mol. The van der Waals surface area contributed by atoms with E-state index in [0.29, 0.717) is 17.2 Å². The predicted octanol–water partition coefficient (Wildman–Crippen LogP) is 4.72. The number of nitrogens with one attached hydrogen (secondary N) is 1. The molecular formula is C25H22FN3O3. The lowest BCUT2D eigenvalue weighted by atomic mass is 10.1. The number of rotatable bonds is 8. The Balaban J connectivity index is 1.51. The van der Waals surface area contributed by atoms with Gasteiger partial charge in [0.1, 0.15) is 17.6 Å². The molecule has 0 bridgehead atoms. The van der Waals surface area contributed by atoms with Crippen LogP contribution in [0.3, 0.4) is 0 Å². The maximum Gasteiger partial charge on any atom is 0.258 e. The Labute approximate surface area is 185 Å². The van der Waals surface area contributed by atoms with Gasteiger partial charge < -0.3 is 14.5 Å². The van der Waals surface area contributed by atoms with Gasteiger partial charge in [-0.15, -0.1) is 10.2 Å². The molecule has 0 saturated carbocycles. The third-order valence-electron chi connectivity index (χ3n) is 4.92. The van der Waals surface area contributed by atoms with Crippen molar-refractivity contribution < 1.29 is 18.3 Å². The van der Waals surface area contributed by atoms with Crippen LogP contribution in [-0.2, 0) is 11.2 Å². The van der Waals surface area contributed by atoms with Crippen LogP contribution in [0.15, 0.2) is 83.3 Å². The molecule has 3 aromatic carbocycles. The number of carbonyl (C=O) groups is 1. The molecule has 0 fully saturated rings. The number of halogens is 1. The van der Waals surface area contributed by atoms with E-state index in [2.05, 4.69) is 22.4 Å². The van der Waals surface area contributed by atoms with Gasteiger partial charge in [0.15, 0.2) is 6.61 Å². The summed E-state index contributed by atoms with van der Waals surface area (Å²) in [5, 5.41) is 11.1. The topological polar surface area (TPSA) is 77.2 Å². The van der Waals surface area contributed by atoms with E-state index < -0.39 is 6.04 Å². The molecule has 4 aromatic rings. The van der Waals surface area contributed by atoms with Crippen molar-refractivity contribution >= 4 is 5.91 Å². The van der Waals surface area contributed by atoms with Gasteiger partial charge in [0.25, 0.3) is 5.91 Å². The molecule has 4 rings (SSSR count). The standard InChI is InChI=1S/C25H22FN3O3/c1-2-17-8-14-21(15-9-17)31-16-22(30)27-23(18-10-12-20(26)13-11-18)25-29-28-24(32-25)19-6-4-3-5-7-19/h3-15,23H,2,16H2,1H3,(H,27,30)/t23-/m1/s1. The van der Waals surface area contributed by atoms with E-state index in [4.69, 9.17) is 9.15 Å². The number of aromatic nitrogens is 2. The smallest absolute Gasteiger partial charge is 0.258 e. The van der Waals surface area contributed by atoms with Crippen LogP contribution in [0.5, 0.6) is 5.75 Å². The van der Waals surface area contributed by atoms with E-state index in [1.807, 2.05) is 54.6 Å². The maximum atomic E-state index is 13.4. The Bertz CT molecular complexity index is 1160. The van der Waals surface area contributed by atoms with Gasteiger partial charge in [-0.3, -0.25) is 4.79 Å². The fourth-order valence-corrected chi connectivity index (χ4v) is 3.16. The second-order valence-corrected chi connectivity index (χ2v) is 7.15. The molecule has 0 unspecified atom stereocenters. The molecule has 1 atom stereocenters. The molecule has 6 nitrogen and oxygen atoms in total. The van der Waals surface area contributed by atoms with E-state index in [-0.39, 0.29) is 24.2 Å². The average Bonchev–Trinajstić information content (AvgIpc) is 3.33. The number of amides is 1. The summed E-state index contributed by atoms with van der Waals surface area (Å²) in [4.78, 5) is 12.6. The summed E-state index contributed by atoms with van der Waals surface area (Å²) >= 11 is 0. The Hall–Kier alpha value is -4.00. The van der Waals surface area contributed by atoms with Crippen LogP contribution < -0.4 is 10.1 Å². The van der Waals surface area contributed by atoms with E-state index >= 15 is 0 Å². The van der Waals surface area contributed by atoms with Crippen molar-refractivity contribution in [2.24, 2.45) is 0 Å². The van der Waals surface area contributed by atoms with Gasteiger partial charge in [0.2, 0.25) is 11.8 Å². The second-order valence-electron chi connectivity index (χ2n) is 7.15. The van der Waals surface area contributed by atoms with E-state index in [1.165, 1.54) is 17.7 Å². The molecule has 0 aliphatic carbocycles. The number of hydrogen-bond donors (Lipinski definition) is 1. The molecule has 162 valence electrons. The van der Waals surface area contributed by atoms with E-state index in [0.717, 1.165) is 12.0 Å². The Morgan fingerprint density at radius 3 is 2.41 bits per heavy atom. The molecule has 1 heterocycles. The van der Waals surface area contributed by atoms with Crippen LogP contribution in [0.1, 0.15) is 30.0 Å². The third-order valence-corrected chi connectivity index (χ3v) is 4.92. The highest BCUT2D eigenvalue weighted by Crippen LogP contribution is 2.25. The summed E-state index contributed by atoms with van der Waals surface area (Å²) in [7, 11) is 0. The highest BCUT2D eigenvalue weighted by Gasteiger charge is 2.24. The van der Waals surface area contributed by atoms with Crippen molar-refractivity contribution in [1.82, 2.24) is 15.5 Å². The zero-order chi connectivity index (χ0) is 22.3. The number of aryl methyl sites for hydroxylation is 1. The van der Waals surface area contributed by atoms with E-state index in [9.17, 15) is 9.18 Å². The zero-order valence-corrected chi connectivity index (χ0v) is 17.5. The Morgan fingerprint density at radius 2 is 1.72 bits per heavy atom. The molecule has 1 N–H and O–H groups in total. The van der Waals surface area contributed by atoms with Crippen molar-refractivity contribution in [3.63, 3.8) is 0 Å². The van der Waals surface area contributed by atoms with Gasteiger partial charge in [-0.1, -0.05) is 49.4 Å². The molecule has 0 radical (unpaired) electrons. The van der Waals surface area contributed by atoms with Gasteiger partial charge in [-0.25, -0.2) is 4.39 Å². The molecule has 0 aliphatic heterocycles. The minimum Gasteiger partial charge on any atom is -0.484 e. The summed E-state index contributed by atoms with van der Waals surface area (Å²) in [6, 6.07) is 21.9. The first-order valence-electron chi connectivity index (χ1n) is 10.3. The SMILES string of the molecule is CCc1ccc(OCC(=O)N[C@H](c2ccc(F)cc2)c2nnc(-c3ccccc3)o2)cc1. The number of benzene rings is 3. The van der Waals surface area contributed by atoms with Gasteiger partial charge >= 0.3 is 0 Å². The van der Waals surface area contributed by atoms with Crippen LogP contribution in [0.25, 0.3) is 11.5 Å². The minimum absolute atomic E-state index is 0.191. The van der Waals surface area contributed by atoms with Crippen LogP contribution >= 0.6 is 0 Å². The van der Waals surface area contributed by atoms with Crippen LogP contribution in [0, 0.1) is 5.82 Å². The van der Waals surface area contributed by atoms with Gasteiger partial charge in [-0.2, -0.15) is 0 Å². The normalized spacial score (nSPS) is 11.7. The largest absolute Gasteiger partial charge is 0.484 e. The van der Waals surface area contributed by atoms with Crippen molar-refractivity contribution in [3.8, 4) is 17.2 Å². The number of hydrogen-bond acceptors (Lipinski definition) is 5. The first kappa shape index (κ1) is 21.2. The minimum atomic E-state index is -0.751. The summed E-state index contributed by atoms with van der Waals surface area (Å²) in [5.74, 6) is 0.358. The van der Waals surface area contributed by atoms with Gasteiger partial charge in [0.05, 0.1) is 0 Å². The Morgan fingerprint density at radius 1 is 1.00 bits per heavy atom. The second kappa shape index (κ2) is 9.87. The molecule has 32 heavy (non-hydrogen) atoms. The fourth-order valence-electron chi connectivity index (χ4n) is 3.16. The monoisotopic (exact) mass is 431 g/mol. The van der Waals surface area contributed by atoms with Crippen LogP contribution in [-0.4, -0.2) is 22.7 Å². The zero-order valence-electron chi connectivity index (χ0n) is 17.5. The van der Waals surface area contributed by atoms with Crippen LogP contribution in [0.2, 0.25) is 0 Å². The van der Waals surface area contributed by atoms with Crippen molar-refractivity contribution in [1.29, 1.82) is 0 Å². The first-order valence-corrected chi connectivity index (χ1v) is 10.3. The highest BCUT2D eigenvalue weighted by molar-refractivity contribution is 5.78. The molecule has 1 aromatic heterocycles. The molecule has 0 saturated heterocycles. The highest BCUT2D eigenvalue weighted by atomic mass is 19.1. The average molecular weight is 431 g/mol. The van der Waals surface area contributed by atoms with Gasteiger partial charge in [0, 0.05) is 5.56 Å². The van der Waals surface area contributed by atoms with Gasteiger partial charge in [-0.05, 0) is 53.9 Å². The maximum absolute atomic E-state index is 13.4. The molecular weight excluding hydrogens is 409 g/mol. The van der Waals surface area contributed by atoms with Crippen molar-refractivity contribution in [2.75, 3.05) is 6.61 Å². The quantitative estimate of drug-likeness (QED) is 0.437. The van der Waals surface area contributed by atoms with Crippen molar-refractivity contribution in [2.45, 2.75) is 19.4 Å². The third kappa shape index (κ3) is 5.18. The lowest BCUT2D eigenvalue weighted by Crippen LogP contribution is -2.33.